The largest absolute Gasteiger partial charge is 0.354 e. The number of nitrogens with zero attached hydrogens (tertiary/aromatic N) is 2. The molecule has 0 aliphatic carbocycles. The highest BCUT2D eigenvalue weighted by molar-refractivity contribution is 7.92. The summed E-state index contributed by atoms with van der Waals surface area (Å²) in [6.07, 6.45) is 1.80. The van der Waals surface area contributed by atoms with Gasteiger partial charge in [0.1, 0.15) is 6.54 Å². The van der Waals surface area contributed by atoms with Crippen LogP contribution in [0.1, 0.15) is 6.42 Å². The van der Waals surface area contributed by atoms with E-state index in [0.717, 1.165) is 23.5 Å². The molecule has 0 aromatic heterocycles. The molecule has 0 atom stereocenters. The van der Waals surface area contributed by atoms with Crippen molar-refractivity contribution in [2.24, 2.45) is 0 Å². The number of amides is 1. The highest BCUT2D eigenvalue weighted by Gasteiger charge is 2.22. The van der Waals surface area contributed by atoms with Crippen molar-refractivity contribution in [3.63, 3.8) is 0 Å². The molecule has 0 aliphatic rings. The van der Waals surface area contributed by atoms with Crippen LogP contribution in [0.2, 0.25) is 10.0 Å². The highest BCUT2D eigenvalue weighted by atomic mass is 35.5. The van der Waals surface area contributed by atoms with E-state index in [4.69, 9.17) is 23.2 Å². The predicted octanol–water partition coefficient (Wildman–Crippen LogP) is 1.83. The summed E-state index contributed by atoms with van der Waals surface area (Å²) < 4.78 is 24.9. The molecule has 0 saturated carbocycles. The Morgan fingerprint density at radius 1 is 1.26 bits per heavy atom. The number of carbonyl (C=O) groups is 1. The molecule has 0 fully saturated rings. The number of carbonyl (C=O) groups excluding carboxylic acids is 1. The van der Waals surface area contributed by atoms with E-state index in [-0.39, 0.29) is 23.2 Å². The molecule has 0 aliphatic heterocycles. The van der Waals surface area contributed by atoms with E-state index < -0.39 is 10.0 Å². The van der Waals surface area contributed by atoms with Gasteiger partial charge in [0.25, 0.3) is 0 Å². The van der Waals surface area contributed by atoms with Crippen LogP contribution in [-0.2, 0) is 14.8 Å². The second-order valence-electron chi connectivity index (χ2n) is 5.37. The van der Waals surface area contributed by atoms with Crippen LogP contribution in [0.5, 0.6) is 0 Å². The van der Waals surface area contributed by atoms with Gasteiger partial charge in [0.2, 0.25) is 15.9 Å². The van der Waals surface area contributed by atoms with Crippen LogP contribution >= 0.6 is 23.2 Å². The average molecular weight is 382 g/mol. The first-order chi connectivity index (χ1) is 10.6. The van der Waals surface area contributed by atoms with Crippen molar-refractivity contribution in [1.82, 2.24) is 10.2 Å². The molecule has 0 unspecified atom stereocenters. The third-order valence-electron chi connectivity index (χ3n) is 2.97. The molecule has 9 heteroatoms. The lowest BCUT2D eigenvalue weighted by atomic mass is 10.3. The molecule has 0 radical (unpaired) electrons. The molecule has 130 valence electrons. The Bertz CT molecular complexity index is 651. The first-order valence-electron chi connectivity index (χ1n) is 6.95. The van der Waals surface area contributed by atoms with Gasteiger partial charge in [0, 0.05) is 11.6 Å². The lowest BCUT2D eigenvalue weighted by molar-refractivity contribution is -0.119. The van der Waals surface area contributed by atoms with E-state index in [1.807, 2.05) is 19.0 Å². The Morgan fingerprint density at radius 3 is 2.43 bits per heavy atom. The van der Waals surface area contributed by atoms with Crippen molar-refractivity contribution >= 4 is 44.8 Å². The maximum Gasteiger partial charge on any atom is 0.240 e. The number of rotatable bonds is 8. The van der Waals surface area contributed by atoms with Crippen LogP contribution in [0.4, 0.5) is 5.69 Å². The zero-order valence-corrected chi connectivity index (χ0v) is 15.7. The molecular formula is C14H21Cl2N3O3S. The Labute approximate surface area is 147 Å². The van der Waals surface area contributed by atoms with Gasteiger partial charge in [-0.3, -0.25) is 9.10 Å². The van der Waals surface area contributed by atoms with Crippen LogP contribution in [0.3, 0.4) is 0 Å². The van der Waals surface area contributed by atoms with E-state index in [9.17, 15) is 13.2 Å². The quantitative estimate of drug-likeness (QED) is 0.697. The summed E-state index contributed by atoms with van der Waals surface area (Å²) in [6, 6.07) is 4.44. The molecule has 1 aromatic carbocycles. The molecule has 0 bridgehead atoms. The molecule has 0 spiro atoms. The van der Waals surface area contributed by atoms with Crippen LogP contribution < -0.4 is 9.62 Å². The maximum atomic E-state index is 12.0. The van der Waals surface area contributed by atoms with Gasteiger partial charge < -0.3 is 10.2 Å². The summed E-state index contributed by atoms with van der Waals surface area (Å²) in [6.45, 7) is 0.976. The summed E-state index contributed by atoms with van der Waals surface area (Å²) in [4.78, 5) is 14.0. The zero-order valence-electron chi connectivity index (χ0n) is 13.3. The smallest absolute Gasteiger partial charge is 0.240 e. The third-order valence-corrected chi connectivity index (χ3v) is 4.63. The minimum absolute atomic E-state index is 0.170. The van der Waals surface area contributed by atoms with Gasteiger partial charge in [-0.05, 0) is 45.3 Å². The van der Waals surface area contributed by atoms with E-state index in [1.165, 1.54) is 18.2 Å². The molecule has 0 heterocycles. The molecule has 6 nitrogen and oxygen atoms in total. The lowest BCUT2D eigenvalue weighted by Crippen LogP contribution is -2.41. The molecule has 1 aromatic rings. The fourth-order valence-electron chi connectivity index (χ4n) is 1.87. The van der Waals surface area contributed by atoms with E-state index in [1.54, 1.807) is 0 Å². The zero-order chi connectivity index (χ0) is 17.6. The van der Waals surface area contributed by atoms with E-state index in [0.29, 0.717) is 11.6 Å². The lowest BCUT2D eigenvalue weighted by Gasteiger charge is -2.23. The summed E-state index contributed by atoms with van der Waals surface area (Å²) >= 11 is 11.9. The molecule has 0 saturated heterocycles. The fourth-order valence-corrected chi connectivity index (χ4v) is 3.30. The third kappa shape index (κ3) is 6.95. The van der Waals surface area contributed by atoms with Gasteiger partial charge in [0.15, 0.2) is 0 Å². The summed E-state index contributed by atoms with van der Waals surface area (Å²) in [5.74, 6) is -0.389. The van der Waals surface area contributed by atoms with Crippen LogP contribution in [0.15, 0.2) is 18.2 Å². The van der Waals surface area contributed by atoms with Gasteiger partial charge in [-0.25, -0.2) is 8.42 Å². The molecule has 1 rings (SSSR count). The maximum absolute atomic E-state index is 12.0. The predicted molar refractivity (Wildman–Crippen MR) is 94.8 cm³/mol. The normalized spacial score (nSPS) is 11.6. The average Bonchev–Trinajstić information content (AvgIpc) is 2.40. The summed E-state index contributed by atoms with van der Waals surface area (Å²) in [5, 5.41) is 3.26. The second kappa shape index (κ2) is 8.73. The number of hydrogen-bond donors (Lipinski definition) is 1. The van der Waals surface area contributed by atoms with Gasteiger partial charge in [-0.2, -0.15) is 0 Å². The van der Waals surface area contributed by atoms with Gasteiger partial charge in [-0.15, -0.1) is 0 Å². The molecular weight excluding hydrogens is 361 g/mol. The summed E-state index contributed by atoms with van der Waals surface area (Å²) in [7, 11) is 0.225. The Balaban J connectivity index is 2.79. The van der Waals surface area contributed by atoms with Crippen molar-refractivity contribution in [1.29, 1.82) is 0 Å². The highest BCUT2D eigenvalue weighted by Crippen LogP contribution is 2.30. The monoisotopic (exact) mass is 381 g/mol. The number of nitrogens with one attached hydrogen (secondary N) is 1. The van der Waals surface area contributed by atoms with Crippen molar-refractivity contribution in [2.75, 3.05) is 44.3 Å². The van der Waals surface area contributed by atoms with E-state index >= 15 is 0 Å². The number of benzene rings is 1. The van der Waals surface area contributed by atoms with Gasteiger partial charge >= 0.3 is 0 Å². The minimum Gasteiger partial charge on any atom is -0.354 e. The van der Waals surface area contributed by atoms with Crippen molar-refractivity contribution in [3.8, 4) is 0 Å². The number of halogens is 2. The SMILES string of the molecule is CN(C)CCCNC(=O)CN(c1ccc(Cl)cc1Cl)S(C)(=O)=O. The van der Waals surface area contributed by atoms with Crippen LogP contribution in [0.25, 0.3) is 0 Å². The second-order valence-corrected chi connectivity index (χ2v) is 8.12. The Kier molecular flexibility index (Phi) is 7.60. The number of hydrogen-bond acceptors (Lipinski definition) is 4. The van der Waals surface area contributed by atoms with Crippen molar-refractivity contribution in [2.45, 2.75) is 6.42 Å². The minimum atomic E-state index is -3.66. The molecule has 1 amide bonds. The van der Waals surface area contributed by atoms with Crippen LogP contribution in [0, 0.1) is 0 Å². The van der Waals surface area contributed by atoms with Gasteiger partial charge in [-0.1, -0.05) is 23.2 Å². The number of sulfonamides is 1. The summed E-state index contributed by atoms with van der Waals surface area (Å²) in [5.41, 5.74) is 0.224. The standard InChI is InChI=1S/C14H21Cl2N3O3S/c1-18(2)8-4-7-17-14(20)10-19(23(3,21)22)13-6-5-11(15)9-12(13)16/h5-6,9H,4,7-8,10H2,1-3H3,(H,17,20). The Hall–Kier alpha value is -1.02. The number of anilines is 1. The molecule has 1 N–H and O–H groups in total. The van der Waals surface area contributed by atoms with Crippen molar-refractivity contribution < 1.29 is 13.2 Å². The first-order valence-corrected chi connectivity index (χ1v) is 9.56. The Morgan fingerprint density at radius 2 is 1.91 bits per heavy atom. The molecule has 23 heavy (non-hydrogen) atoms. The van der Waals surface area contributed by atoms with Crippen LogP contribution in [-0.4, -0.2) is 59.2 Å². The van der Waals surface area contributed by atoms with Gasteiger partial charge in [0.05, 0.1) is 17.0 Å². The fraction of sp³-hybridized carbons (Fsp3) is 0.500. The van der Waals surface area contributed by atoms with Crippen molar-refractivity contribution in [3.05, 3.63) is 28.2 Å². The topological polar surface area (TPSA) is 69.7 Å². The van der Waals surface area contributed by atoms with E-state index in [2.05, 4.69) is 5.32 Å². The first kappa shape index (κ1) is 20.0.